The summed E-state index contributed by atoms with van der Waals surface area (Å²) in [6.45, 7) is 5.72. The number of hydrogen-bond donors (Lipinski definition) is 0. The zero-order valence-electron chi connectivity index (χ0n) is 16.6. The fourth-order valence-electron chi connectivity index (χ4n) is 3.72. The maximum absolute atomic E-state index is 12.6. The number of carbonyl (C=O) groups is 1. The molecule has 0 saturated carbocycles. The van der Waals surface area contributed by atoms with Gasteiger partial charge in [-0.25, -0.2) is 14.6 Å². The van der Waals surface area contributed by atoms with Crippen molar-refractivity contribution in [3.05, 3.63) is 42.9 Å². The second kappa shape index (κ2) is 7.58. The minimum atomic E-state index is 0.0908. The first-order valence-corrected chi connectivity index (χ1v) is 9.82. The zero-order valence-corrected chi connectivity index (χ0v) is 16.6. The van der Waals surface area contributed by atoms with Crippen molar-refractivity contribution in [2.45, 2.75) is 32.7 Å². The number of hydrogen-bond acceptors (Lipinski definition) is 5. The Labute approximate surface area is 165 Å². The van der Waals surface area contributed by atoms with Gasteiger partial charge in [-0.3, -0.25) is 4.79 Å². The second-order valence-electron chi connectivity index (χ2n) is 7.63. The molecule has 0 N–H and O–H groups in total. The molecule has 1 amide bonds. The molecule has 0 unspecified atom stereocenters. The predicted octanol–water partition coefficient (Wildman–Crippen LogP) is 2.90. The average Bonchev–Trinajstić information content (AvgIpc) is 3.17. The highest BCUT2D eigenvalue weighted by Crippen LogP contribution is 2.29. The van der Waals surface area contributed by atoms with Crippen molar-refractivity contribution < 1.29 is 4.79 Å². The Morgan fingerprint density at radius 2 is 1.86 bits per heavy atom. The van der Waals surface area contributed by atoms with Crippen LogP contribution < -0.4 is 4.90 Å². The van der Waals surface area contributed by atoms with Gasteiger partial charge in [0.15, 0.2) is 5.65 Å². The molecule has 1 aliphatic heterocycles. The Bertz CT molecular complexity index is 959. The third-order valence-electron chi connectivity index (χ3n) is 5.61. The van der Waals surface area contributed by atoms with Gasteiger partial charge in [-0.15, -0.1) is 0 Å². The van der Waals surface area contributed by atoms with Crippen LogP contribution in [0.2, 0.25) is 0 Å². The number of carbonyl (C=O) groups excluding carboxylic acids is 1. The fraction of sp³-hybridized carbons (Fsp3) is 0.429. The van der Waals surface area contributed by atoms with Crippen LogP contribution >= 0.6 is 0 Å². The lowest BCUT2D eigenvalue weighted by Gasteiger charge is -2.35. The Balaban J connectivity index is 1.55. The van der Waals surface area contributed by atoms with E-state index in [4.69, 9.17) is 0 Å². The SMILES string of the molecule is CC(C)N(C)C(=O)C1CCN(c2ncnc3c2cnn3-c2ccccc2)CC1. The van der Waals surface area contributed by atoms with E-state index in [1.807, 2.05) is 53.2 Å². The highest BCUT2D eigenvalue weighted by Gasteiger charge is 2.29. The van der Waals surface area contributed by atoms with E-state index >= 15 is 0 Å². The molecule has 0 spiro atoms. The number of anilines is 1. The van der Waals surface area contributed by atoms with E-state index < -0.39 is 0 Å². The van der Waals surface area contributed by atoms with Crippen LogP contribution in [0.25, 0.3) is 16.7 Å². The molecule has 7 heteroatoms. The maximum Gasteiger partial charge on any atom is 0.225 e. The lowest BCUT2D eigenvalue weighted by molar-refractivity contribution is -0.136. The molecule has 1 aromatic carbocycles. The van der Waals surface area contributed by atoms with Gasteiger partial charge in [0, 0.05) is 32.1 Å². The molecule has 1 fully saturated rings. The lowest BCUT2D eigenvalue weighted by Crippen LogP contribution is -2.43. The van der Waals surface area contributed by atoms with Crippen LogP contribution in [0.1, 0.15) is 26.7 Å². The number of aromatic nitrogens is 4. The van der Waals surface area contributed by atoms with Crippen molar-refractivity contribution in [1.82, 2.24) is 24.6 Å². The van der Waals surface area contributed by atoms with Crippen molar-refractivity contribution in [3.8, 4) is 5.69 Å². The van der Waals surface area contributed by atoms with Crippen LogP contribution in [-0.4, -0.2) is 56.7 Å². The number of amides is 1. The van der Waals surface area contributed by atoms with E-state index in [0.29, 0.717) is 0 Å². The van der Waals surface area contributed by atoms with Crippen LogP contribution in [0.15, 0.2) is 42.9 Å². The summed E-state index contributed by atoms with van der Waals surface area (Å²) in [4.78, 5) is 25.7. The summed E-state index contributed by atoms with van der Waals surface area (Å²) < 4.78 is 1.84. The smallest absolute Gasteiger partial charge is 0.225 e. The fourth-order valence-corrected chi connectivity index (χ4v) is 3.72. The number of nitrogens with zero attached hydrogens (tertiary/aromatic N) is 6. The van der Waals surface area contributed by atoms with Gasteiger partial charge in [0.05, 0.1) is 17.3 Å². The van der Waals surface area contributed by atoms with E-state index in [-0.39, 0.29) is 17.9 Å². The Hall–Kier alpha value is -2.96. The van der Waals surface area contributed by atoms with Crippen molar-refractivity contribution in [1.29, 1.82) is 0 Å². The average molecular weight is 378 g/mol. The van der Waals surface area contributed by atoms with Crippen molar-refractivity contribution in [2.75, 3.05) is 25.0 Å². The van der Waals surface area contributed by atoms with Gasteiger partial charge in [0.1, 0.15) is 12.1 Å². The molecule has 1 saturated heterocycles. The van der Waals surface area contributed by atoms with Crippen LogP contribution in [0.4, 0.5) is 5.82 Å². The molecule has 146 valence electrons. The highest BCUT2D eigenvalue weighted by atomic mass is 16.2. The summed E-state index contributed by atoms with van der Waals surface area (Å²) in [5.74, 6) is 1.24. The largest absolute Gasteiger partial charge is 0.356 e. The minimum Gasteiger partial charge on any atom is -0.356 e. The molecule has 1 aliphatic rings. The van der Waals surface area contributed by atoms with Crippen LogP contribution in [0.3, 0.4) is 0 Å². The van der Waals surface area contributed by atoms with Gasteiger partial charge in [0.25, 0.3) is 0 Å². The molecule has 0 aliphatic carbocycles. The molecular weight excluding hydrogens is 352 g/mol. The van der Waals surface area contributed by atoms with Crippen molar-refractivity contribution >= 4 is 22.8 Å². The summed E-state index contributed by atoms with van der Waals surface area (Å²) in [5.41, 5.74) is 1.78. The molecule has 3 heterocycles. The molecule has 0 bridgehead atoms. The number of rotatable bonds is 4. The number of piperidine rings is 1. The molecule has 2 aromatic heterocycles. The quantitative estimate of drug-likeness (QED) is 0.698. The van der Waals surface area contributed by atoms with Crippen molar-refractivity contribution in [3.63, 3.8) is 0 Å². The molecule has 28 heavy (non-hydrogen) atoms. The van der Waals surface area contributed by atoms with Gasteiger partial charge in [-0.2, -0.15) is 5.10 Å². The van der Waals surface area contributed by atoms with Crippen LogP contribution in [0, 0.1) is 5.92 Å². The predicted molar refractivity (Wildman–Crippen MR) is 110 cm³/mol. The zero-order chi connectivity index (χ0) is 19.7. The number of benzene rings is 1. The van der Waals surface area contributed by atoms with Crippen LogP contribution in [0.5, 0.6) is 0 Å². The monoisotopic (exact) mass is 378 g/mol. The van der Waals surface area contributed by atoms with E-state index in [0.717, 1.165) is 48.5 Å². The Kier molecular flexibility index (Phi) is 4.98. The van der Waals surface area contributed by atoms with Gasteiger partial charge < -0.3 is 9.80 Å². The summed E-state index contributed by atoms with van der Waals surface area (Å²) in [5, 5.41) is 5.47. The lowest BCUT2D eigenvalue weighted by atomic mass is 9.95. The first kappa shape index (κ1) is 18.4. The van der Waals surface area contributed by atoms with Gasteiger partial charge in [-0.05, 0) is 38.8 Å². The Morgan fingerprint density at radius 1 is 1.14 bits per heavy atom. The first-order chi connectivity index (χ1) is 13.6. The standard InChI is InChI=1S/C21H26N6O/c1-15(2)25(3)21(28)16-9-11-26(12-10-16)19-18-13-24-27(20(18)23-14-22-19)17-7-5-4-6-8-17/h4-8,13-16H,9-12H2,1-3H3. The minimum absolute atomic E-state index is 0.0908. The highest BCUT2D eigenvalue weighted by molar-refractivity contribution is 5.88. The number of fused-ring (bicyclic) bond motifs is 1. The summed E-state index contributed by atoms with van der Waals surface area (Å²) in [6, 6.07) is 10.2. The normalized spacial score (nSPS) is 15.4. The topological polar surface area (TPSA) is 67.2 Å². The second-order valence-corrected chi connectivity index (χ2v) is 7.63. The summed E-state index contributed by atoms with van der Waals surface area (Å²) in [6.07, 6.45) is 5.12. The molecule has 0 radical (unpaired) electrons. The molecule has 0 atom stereocenters. The van der Waals surface area contributed by atoms with E-state index in [9.17, 15) is 4.79 Å². The Morgan fingerprint density at radius 3 is 2.54 bits per heavy atom. The molecular formula is C21H26N6O. The number of para-hydroxylation sites is 1. The van der Waals surface area contributed by atoms with Crippen molar-refractivity contribution in [2.24, 2.45) is 5.92 Å². The molecule has 7 nitrogen and oxygen atoms in total. The maximum atomic E-state index is 12.6. The molecule has 3 aromatic rings. The van der Waals surface area contributed by atoms with E-state index in [1.165, 1.54) is 0 Å². The van der Waals surface area contributed by atoms with E-state index in [1.54, 1.807) is 6.33 Å². The first-order valence-electron chi connectivity index (χ1n) is 9.82. The van der Waals surface area contributed by atoms with E-state index in [2.05, 4.69) is 33.8 Å². The third kappa shape index (κ3) is 3.32. The summed E-state index contributed by atoms with van der Waals surface area (Å²) >= 11 is 0. The van der Waals surface area contributed by atoms with Gasteiger partial charge in [0.2, 0.25) is 5.91 Å². The third-order valence-corrected chi connectivity index (χ3v) is 5.61. The van der Waals surface area contributed by atoms with Gasteiger partial charge >= 0.3 is 0 Å². The molecule has 4 rings (SSSR count). The van der Waals surface area contributed by atoms with Gasteiger partial charge in [-0.1, -0.05) is 18.2 Å². The van der Waals surface area contributed by atoms with Crippen LogP contribution in [-0.2, 0) is 4.79 Å². The summed E-state index contributed by atoms with van der Waals surface area (Å²) in [7, 11) is 1.89.